The van der Waals surface area contributed by atoms with Crippen molar-refractivity contribution in [1.82, 2.24) is 25.5 Å². The van der Waals surface area contributed by atoms with Gasteiger partial charge in [0.2, 0.25) is 0 Å². The summed E-state index contributed by atoms with van der Waals surface area (Å²) in [4.78, 5) is 13.5. The molecule has 2 N–H and O–H groups in total. The maximum absolute atomic E-state index is 11.9. The van der Waals surface area contributed by atoms with Crippen LogP contribution >= 0.6 is 0 Å². The molecule has 1 amide bonds. The first kappa shape index (κ1) is 10.0. The summed E-state index contributed by atoms with van der Waals surface area (Å²) in [5, 5.41) is 21.8. The summed E-state index contributed by atoms with van der Waals surface area (Å²) in [6.45, 7) is 0.290. The first-order valence-corrected chi connectivity index (χ1v) is 4.98. The molecule has 1 heterocycles. The number of aromatic amines is 1. The molecule has 0 atom stereocenters. The van der Waals surface area contributed by atoms with Crippen LogP contribution < -0.4 is 0 Å². The van der Waals surface area contributed by atoms with Gasteiger partial charge in [-0.3, -0.25) is 4.79 Å². The largest absolute Gasteiger partial charge is 0.395 e. The summed E-state index contributed by atoms with van der Waals surface area (Å²) in [5.74, 6) is -0.196. The molecular formula is C8H13N5O2. The summed E-state index contributed by atoms with van der Waals surface area (Å²) < 4.78 is 0. The van der Waals surface area contributed by atoms with Crippen molar-refractivity contribution in [2.45, 2.75) is 25.3 Å². The number of H-pyrrole nitrogens is 1. The van der Waals surface area contributed by atoms with E-state index in [-0.39, 0.29) is 24.4 Å². The topological polar surface area (TPSA) is 95.0 Å². The number of aliphatic hydroxyl groups is 1. The van der Waals surface area contributed by atoms with Gasteiger partial charge in [-0.2, -0.15) is 5.21 Å². The first-order valence-electron chi connectivity index (χ1n) is 4.98. The number of nitrogens with one attached hydrogen (secondary N) is 1. The molecule has 0 saturated heterocycles. The van der Waals surface area contributed by atoms with Crippen molar-refractivity contribution >= 4 is 5.91 Å². The molecule has 0 unspecified atom stereocenters. The van der Waals surface area contributed by atoms with Gasteiger partial charge in [0.1, 0.15) is 0 Å². The Morgan fingerprint density at radius 1 is 1.60 bits per heavy atom. The first-order chi connectivity index (χ1) is 7.33. The Morgan fingerprint density at radius 3 is 2.87 bits per heavy atom. The number of tetrazole rings is 1. The highest BCUT2D eigenvalue weighted by atomic mass is 16.3. The summed E-state index contributed by atoms with van der Waals surface area (Å²) in [5.41, 5.74) is 0. The SMILES string of the molecule is O=C(c1nn[nH]n1)N(CCO)C1CCC1. The quantitative estimate of drug-likeness (QED) is 0.679. The van der Waals surface area contributed by atoms with Gasteiger partial charge in [0.25, 0.3) is 11.7 Å². The predicted molar refractivity (Wildman–Crippen MR) is 49.9 cm³/mol. The molecule has 1 aliphatic rings. The Bertz CT molecular complexity index is 322. The van der Waals surface area contributed by atoms with E-state index in [2.05, 4.69) is 20.6 Å². The van der Waals surface area contributed by atoms with Gasteiger partial charge < -0.3 is 10.0 Å². The molecule has 1 aliphatic carbocycles. The second kappa shape index (κ2) is 4.35. The van der Waals surface area contributed by atoms with E-state index in [1.807, 2.05) is 0 Å². The molecule has 1 aromatic rings. The van der Waals surface area contributed by atoms with Crippen LogP contribution in [0.25, 0.3) is 0 Å². The number of nitrogens with zero attached hydrogens (tertiary/aromatic N) is 4. The number of rotatable bonds is 4. The fraction of sp³-hybridized carbons (Fsp3) is 0.750. The number of hydrogen-bond acceptors (Lipinski definition) is 5. The predicted octanol–water partition coefficient (Wildman–Crippen LogP) is -0.813. The lowest BCUT2D eigenvalue weighted by molar-refractivity contribution is 0.0513. The van der Waals surface area contributed by atoms with E-state index >= 15 is 0 Å². The van der Waals surface area contributed by atoms with Crippen molar-refractivity contribution in [2.24, 2.45) is 0 Å². The number of carbonyl (C=O) groups excluding carboxylic acids is 1. The second-order valence-corrected chi connectivity index (χ2v) is 3.54. The molecule has 0 bridgehead atoms. The van der Waals surface area contributed by atoms with Gasteiger partial charge in [-0.15, -0.1) is 10.2 Å². The molecule has 7 nitrogen and oxygen atoms in total. The van der Waals surface area contributed by atoms with Crippen molar-refractivity contribution in [3.05, 3.63) is 5.82 Å². The minimum atomic E-state index is -0.262. The second-order valence-electron chi connectivity index (χ2n) is 3.54. The Kier molecular flexibility index (Phi) is 2.91. The summed E-state index contributed by atoms with van der Waals surface area (Å²) in [6.07, 6.45) is 3.11. The number of aromatic nitrogens is 4. The molecule has 7 heteroatoms. The van der Waals surface area contributed by atoms with Crippen LogP contribution in [0, 0.1) is 0 Å². The smallest absolute Gasteiger partial charge is 0.295 e. The molecule has 0 aromatic carbocycles. The molecule has 15 heavy (non-hydrogen) atoms. The molecule has 2 rings (SSSR count). The minimum Gasteiger partial charge on any atom is -0.395 e. The number of carbonyl (C=O) groups is 1. The van der Waals surface area contributed by atoms with Crippen LogP contribution in [0.2, 0.25) is 0 Å². The molecule has 82 valence electrons. The van der Waals surface area contributed by atoms with Crippen molar-refractivity contribution in [1.29, 1.82) is 0 Å². The van der Waals surface area contributed by atoms with Crippen molar-refractivity contribution in [2.75, 3.05) is 13.2 Å². The van der Waals surface area contributed by atoms with Gasteiger partial charge in [-0.05, 0) is 24.5 Å². The van der Waals surface area contributed by atoms with E-state index < -0.39 is 0 Å². The van der Waals surface area contributed by atoms with Crippen LogP contribution in [0.1, 0.15) is 29.9 Å². The van der Waals surface area contributed by atoms with Crippen molar-refractivity contribution < 1.29 is 9.90 Å². The van der Waals surface area contributed by atoms with Crippen LogP contribution in [0.15, 0.2) is 0 Å². The molecule has 1 aromatic heterocycles. The van der Waals surface area contributed by atoms with E-state index in [9.17, 15) is 4.79 Å². The molecule has 0 spiro atoms. The molecule has 0 aliphatic heterocycles. The van der Waals surface area contributed by atoms with Gasteiger partial charge in [0.05, 0.1) is 6.61 Å². The third-order valence-electron chi connectivity index (χ3n) is 2.65. The van der Waals surface area contributed by atoms with Crippen LogP contribution in [0.3, 0.4) is 0 Å². The fourth-order valence-corrected chi connectivity index (χ4v) is 1.64. The number of aliphatic hydroxyl groups excluding tert-OH is 1. The van der Waals surface area contributed by atoms with E-state index in [0.29, 0.717) is 6.54 Å². The average molecular weight is 211 g/mol. The number of amides is 1. The lowest BCUT2D eigenvalue weighted by atomic mass is 9.91. The van der Waals surface area contributed by atoms with Crippen LogP contribution in [-0.4, -0.2) is 55.7 Å². The van der Waals surface area contributed by atoms with Gasteiger partial charge in [0, 0.05) is 12.6 Å². The Labute approximate surface area is 86.5 Å². The zero-order chi connectivity index (χ0) is 10.7. The minimum absolute atomic E-state index is 0.0416. The molecule has 1 fully saturated rings. The van der Waals surface area contributed by atoms with Crippen molar-refractivity contribution in [3.8, 4) is 0 Å². The van der Waals surface area contributed by atoms with Crippen LogP contribution in [-0.2, 0) is 0 Å². The number of hydrogen-bond donors (Lipinski definition) is 2. The summed E-state index contributed by atoms with van der Waals surface area (Å²) in [6, 6.07) is 0.225. The molecular weight excluding hydrogens is 198 g/mol. The summed E-state index contributed by atoms with van der Waals surface area (Å²) in [7, 11) is 0. The molecule has 1 saturated carbocycles. The van der Waals surface area contributed by atoms with Gasteiger partial charge in [0.15, 0.2) is 0 Å². The van der Waals surface area contributed by atoms with Gasteiger partial charge >= 0.3 is 0 Å². The highest BCUT2D eigenvalue weighted by molar-refractivity contribution is 5.90. The highest BCUT2D eigenvalue weighted by Gasteiger charge is 2.30. The summed E-state index contributed by atoms with van der Waals surface area (Å²) >= 11 is 0. The monoisotopic (exact) mass is 211 g/mol. The lowest BCUT2D eigenvalue weighted by Crippen LogP contribution is -2.46. The van der Waals surface area contributed by atoms with E-state index in [0.717, 1.165) is 19.3 Å². The Morgan fingerprint density at radius 2 is 2.40 bits per heavy atom. The maximum Gasteiger partial charge on any atom is 0.295 e. The van der Waals surface area contributed by atoms with Crippen molar-refractivity contribution in [3.63, 3.8) is 0 Å². The maximum atomic E-state index is 11.9. The zero-order valence-electron chi connectivity index (χ0n) is 8.26. The fourth-order valence-electron chi connectivity index (χ4n) is 1.64. The zero-order valence-corrected chi connectivity index (χ0v) is 8.26. The van der Waals surface area contributed by atoms with E-state index in [1.54, 1.807) is 4.90 Å². The third-order valence-corrected chi connectivity index (χ3v) is 2.65. The Hall–Kier alpha value is -1.50. The standard InChI is InChI=1S/C8H13N5O2/c14-5-4-13(6-2-1-3-6)8(15)7-9-11-12-10-7/h6,14H,1-5H2,(H,9,10,11,12). The average Bonchev–Trinajstić information content (AvgIpc) is 2.66. The van der Waals surface area contributed by atoms with Gasteiger partial charge in [-0.1, -0.05) is 0 Å². The van der Waals surface area contributed by atoms with Gasteiger partial charge in [-0.25, -0.2) is 0 Å². The van der Waals surface area contributed by atoms with Crippen LogP contribution in [0.4, 0.5) is 0 Å². The third kappa shape index (κ3) is 1.96. The van der Waals surface area contributed by atoms with Crippen LogP contribution in [0.5, 0.6) is 0 Å². The van der Waals surface area contributed by atoms with E-state index in [4.69, 9.17) is 5.11 Å². The molecule has 0 radical (unpaired) electrons. The van der Waals surface area contributed by atoms with E-state index in [1.165, 1.54) is 0 Å². The lowest BCUT2D eigenvalue weighted by Gasteiger charge is -2.36. The highest BCUT2D eigenvalue weighted by Crippen LogP contribution is 2.25. The Balaban J connectivity index is 2.06. The normalized spacial score (nSPS) is 16.1.